The van der Waals surface area contributed by atoms with Crippen LogP contribution in [0.3, 0.4) is 0 Å². The number of nitrogens with zero attached hydrogens (tertiary/aromatic N) is 1. The Morgan fingerprint density at radius 1 is 0.970 bits per heavy atom. The number of benzene rings is 2. The van der Waals surface area contributed by atoms with Gasteiger partial charge in [0.2, 0.25) is 5.91 Å². The molecule has 0 aliphatic carbocycles. The zero-order valence-electron chi connectivity index (χ0n) is 18.2. The molecule has 1 aliphatic heterocycles. The molecule has 3 rings (SSSR count). The van der Waals surface area contributed by atoms with Gasteiger partial charge in [-0.1, -0.05) is 30.3 Å². The molecule has 1 fully saturated rings. The van der Waals surface area contributed by atoms with E-state index < -0.39 is 5.97 Å². The smallest absolute Gasteiger partial charge is 0.306 e. The van der Waals surface area contributed by atoms with Crippen molar-refractivity contribution in [3.05, 3.63) is 65.7 Å². The minimum absolute atomic E-state index is 0.0262. The molecule has 0 spiro atoms. The van der Waals surface area contributed by atoms with Crippen molar-refractivity contribution >= 4 is 40.8 Å². The van der Waals surface area contributed by atoms with Crippen LogP contribution in [0.4, 0.5) is 5.69 Å². The van der Waals surface area contributed by atoms with Crippen LogP contribution in [-0.2, 0) is 25.5 Å². The van der Waals surface area contributed by atoms with E-state index in [4.69, 9.17) is 21.7 Å². The molecule has 0 atom stereocenters. The summed E-state index contributed by atoms with van der Waals surface area (Å²) in [6, 6.07) is 16.6. The van der Waals surface area contributed by atoms with E-state index in [0.717, 1.165) is 5.56 Å². The molecule has 0 saturated carbocycles. The van der Waals surface area contributed by atoms with Crippen molar-refractivity contribution < 1.29 is 23.9 Å². The fourth-order valence-electron chi connectivity index (χ4n) is 3.21. The molecule has 1 aliphatic rings. The lowest BCUT2D eigenvalue weighted by Crippen LogP contribution is -2.40. The van der Waals surface area contributed by atoms with E-state index in [0.29, 0.717) is 44.0 Å². The zero-order valence-corrected chi connectivity index (χ0v) is 19.1. The third kappa shape index (κ3) is 8.28. The first kappa shape index (κ1) is 24.3. The van der Waals surface area contributed by atoms with Gasteiger partial charge in [-0.3, -0.25) is 14.4 Å². The average molecular weight is 470 g/mol. The van der Waals surface area contributed by atoms with E-state index in [-0.39, 0.29) is 36.4 Å². The number of thiocarbonyl (C=S) groups is 1. The van der Waals surface area contributed by atoms with Crippen LogP contribution in [0.1, 0.15) is 28.8 Å². The second kappa shape index (κ2) is 12.7. The molecule has 174 valence electrons. The van der Waals surface area contributed by atoms with Gasteiger partial charge in [-0.05, 0) is 42.0 Å². The lowest BCUT2D eigenvalue weighted by Gasteiger charge is -2.26. The molecule has 33 heavy (non-hydrogen) atoms. The van der Waals surface area contributed by atoms with Gasteiger partial charge in [-0.15, -0.1) is 0 Å². The van der Waals surface area contributed by atoms with E-state index in [2.05, 4.69) is 10.6 Å². The molecule has 1 saturated heterocycles. The number of ether oxygens (including phenoxy) is 2. The maximum atomic E-state index is 12.5. The number of anilines is 1. The topological polar surface area (TPSA) is 97.0 Å². The highest BCUT2D eigenvalue weighted by Crippen LogP contribution is 2.13. The fraction of sp³-hybridized carbons (Fsp3) is 0.333. The van der Waals surface area contributed by atoms with E-state index in [9.17, 15) is 14.4 Å². The summed E-state index contributed by atoms with van der Waals surface area (Å²) >= 11 is 5.15. The number of rotatable bonds is 8. The van der Waals surface area contributed by atoms with Crippen molar-refractivity contribution in [3.8, 4) is 0 Å². The largest absolute Gasteiger partial charge is 0.465 e. The van der Waals surface area contributed by atoms with Gasteiger partial charge in [-0.2, -0.15) is 0 Å². The Morgan fingerprint density at radius 2 is 1.67 bits per heavy atom. The molecule has 2 amide bonds. The molecular weight excluding hydrogens is 442 g/mol. The van der Waals surface area contributed by atoms with Gasteiger partial charge in [0.1, 0.15) is 0 Å². The van der Waals surface area contributed by atoms with Crippen molar-refractivity contribution in [2.45, 2.75) is 19.3 Å². The quantitative estimate of drug-likeness (QED) is 0.453. The SMILES string of the molecule is O=C(CCC(=O)OCCc1ccccc1)NC(=S)Nc1ccc(C(=O)N2CCOCC2)cc1. The second-order valence-corrected chi connectivity index (χ2v) is 7.85. The summed E-state index contributed by atoms with van der Waals surface area (Å²) in [5, 5.41) is 5.55. The van der Waals surface area contributed by atoms with Crippen molar-refractivity contribution in [2.24, 2.45) is 0 Å². The standard InChI is InChI=1S/C24H27N3O5S/c28-21(10-11-22(29)32-15-12-18-4-2-1-3-5-18)26-24(33)25-20-8-6-19(7-9-20)23(30)27-13-16-31-17-14-27/h1-9H,10-17H2,(H2,25,26,28,33). The number of carbonyl (C=O) groups excluding carboxylic acids is 3. The molecule has 9 heteroatoms. The number of morpholine rings is 1. The Balaban J connectivity index is 1.34. The normalized spacial score (nSPS) is 13.2. The maximum absolute atomic E-state index is 12.5. The first-order valence-corrected chi connectivity index (χ1v) is 11.2. The number of hydrogen-bond donors (Lipinski definition) is 2. The summed E-state index contributed by atoms with van der Waals surface area (Å²) in [7, 11) is 0. The minimum atomic E-state index is -0.430. The summed E-state index contributed by atoms with van der Waals surface area (Å²) in [6.45, 7) is 2.52. The van der Waals surface area contributed by atoms with Crippen LogP contribution in [0.15, 0.2) is 54.6 Å². The zero-order chi connectivity index (χ0) is 23.5. The van der Waals surface area contributed by atoms with Gasteiger partial charge >= 0.3 is 5.97 Å². The first-order chi connectivity index (χ1) is 16.0. The molecule has 0 radical (unpaired) electrons. The highest BCUT2D eigenvalue weighted by atomic mass is 32.1. The summed E-state index contributed by atoms with van der Waals surface area (Å²) < 4.78 is 10.4. The molecule has 8 nitrogen and oxygen atoms in total. The lowest BCUT2D eigenvalue weighted by atomic mass is 10.1. The van der Waals surface area contributed by atoms with E-state index in [1.807, 2.05) is 30.3 Å². The average Bonchev–Trinajstić information content (AvgIpc) is 2.84. The van der Waals surface area contributed by atoms with Crippen LogP contribution in [0.25, 0.3) is 0 Å². The van der Waals surface area contributed by atoms with Gasteiger partial charge in [-0.25, -0.2) is 0 Å². The van der Waals surface area contributed by atoms with Gasteiger partial charge in [0.25, 0.3) is 5.91 Å². The van der Waals surface area contributed by atoms with Gasteiger partial charge in [0.15, 0.2) is 5.11 Å². The Kier molecular flexibility index (Phi) is 9.34. The van der Waals surface area contributed by atoms with E-state index in [1.165, 1.54) is 0 Å². The van der Waals surface area contributed by atoms with Gasteiger partial charge in [0.05, 0.1) is 26.2 Å². The predicted octanol–water partition coefficient (Wildman–Crippen LogP) is 2.54. The van der Waals surface area contributed by atoms with E-state index >= 15 is 0 Å². The Morgan fingerprint density at radius 3 is 2.36 bits per heavy atom. The summed E-state index contributed by atoms with van der Waals surface area (Å²) in [5.74, 6) is -0.858. The first-order valence-electron chi connectivity index (χ1n) is 10.8. The molecule has 1 heterocycles. The highest BCUT2D eigenvalue weighted by Gasteiger charge is 2.18. The third-order valence-corrected chi connectivity index (χ3v) is 5.20. The van der Waals surface area contributed by atoms with E-state index in [1.54, 1.807) is 29.2 Å². The number of carbonyl (C=O) groups is 3. The Bertz CT molecular complexity index is 960. The van der Waals surface area contributed by atoms with Gasteiger partial charge in [0, 0.05) is 37.2 Å². The van der Waals surface area contributed by atoms with Crippen LogP contribution in [0, 0.1) is 0 Å². The van der Waals surface area contributed by atoms with Crippen molar-refractivity contribution in [3.63, 3.8) is 0 Å². The summed E-state index contributed by atoms with van der Waals surface area (Å²) in [4.78, 5) is 38.1. The maximum Gasteiger partial charge on any atom is 0.306 e. The minimum Gasteiger partial charge on any atom is -0.465 e. The number of hydrogen-bond acceptors (Lipinski definition) is 6. The Labute approximate surface area is 198 Å². The molecule has 2 aromatic carbocycles. The number of amides is 2. The van der Waals surface area contributed by atoms with Crippen molar-refractivity contribution in [2.75, 3.05) is 38.2 Å². The van der Waals surface area contributed by atoms with Crippen molar-refractivity contribution in [1.29, 1.82) is 0 Å². The van der Waals surface area contributed by atoms with Crippen LogP contribution in [0.2, 0.25) is 0 Å². The molecule has 0 unspecified atom stereocenters. The molecule has 2 aromatic rings. The number of esters is 1. The summed E-state index contributed by atoms with van der Waals surface area (Å²) in [6.07, 6.45) is 0.574. The fourth-order valence-corrected chi connectivity index (χ4v) is 3.44. The van der Waals surface area contributed by atoms with Crippen LogP contribution >= 0.6 is 12.2 Å². The molecule has 0 aromatic heterocycles. The van der Waals surface area contributed by atoms with Crippen LogP contribution in [-0.4, -0.2) is 60.7 Å². The monoisotopic (exact) mass is 469 g/mol. The number of nitrogens with one attached hydrogen (secondary N) is 2. The van der Waals surface area contributed by atoms with Gasteiger partial charge < -0.3 is 25.0 Å². The van der Waals surface area contributed by atoms with Crippen LogP contribution in [0.5, 0.6) is 0 Å². The molecule has 2 N–H and O–H groups in total. The van der Waals surface area contributed by atoms with Crippen LogP contribution < -0.4 is 10.6 Å². The highest BCUT2D eigenvalue weighted by molar-refractivity contribution is 7.80. The molecular formula is C24H27N3O5S. The predicted molar refractivity (Wildman–Crippen MR) is 128 cm³/mol. The van der Waals surface area contributed by atoms with Crippen molar-refractivity contribution in [1.82, 2.24) is 10.2 Å². The summed E-state index contributed by atoms with van der Waals surface area (Å²) in [5.41, 5.74) is 2.29. The third-order valence-electron chi connectivity index (χ3n) is 4.99. The molecule has 0 bridgehead atoms. The lowest BCUT2D eigenvalue weighted by molar-refractivity contribution is -0.144. The second-order valence-electron chi connectivity index (χ2n) is 7.44. The Hall–Kier alpha value is -3.30.